The van der Waals surface area contributed by atoms with Crippen molar-refractivity contribution in [1.82, 2.24) is 9.78 Å². The Kier molecular flexibility index (Phi) is 3.45. The largest absolute Gasteiger partial charge is 0.391 e. The first-order chi connectivity index (χ1) is 8.39. The van der Waals surface area contributed by atoms with E-state index in [1.165, 1.54) is 10.9 Å². The first-order valence-corrected chi connectivity index (χ1v) is 5.98. The molecule has 1 aromatic rings. The highest BCUT2D eigenvalue weighted by Crippen LogP contribution is 2.40. The molecule has 0 spiro atoms. The molecular weight excluding hydrogens is 245 g/mol. The highest BCUT2D eigenvalue weighted by atomic mass is 19.4. The summed E-state index contributed by atoms with van der Waals surface area (Å²) in [6.45, 7) is 0. The summed E-state index contributed by atoms with van der Waals surface area (Å²) in [5.74, 6) is -2.09. The zero-order valence-corrected chi connectivity index (χ0v) is 10.1. The van der Waals surface area contributed by atoms with Gasteiger partial charge in [0.05, 0.1) is 5.92 Å². The molecule has 3 nitrogen and oxygen atoms in total. The highest BCUT2D eigenvalue weighted by Gasteiger charge is 2.43. The molecule has 0 aromatic carbocycles. The molecule has 1 saturated carbocycles. The van der Waals surface area contributed by atoms with Crippen molar-refractivity contribution in [3.05, 3.63) is 18.0 Å². The minimum Gasteiger partial charge on any atom is -0.292 e. The second-order valence-corrected chi connectivity index (χ2v) is 4.81. The Balaban J connectivity index is 2.10. The number of hydrogen-bond acceptors (Lipinski definition) is 2. The smallest absolute Gasteiger partial charge is 0.292 e. The zero-order chi connectivity index (χ0) is 13.3. The van der Waals surface area contributed by atoms with Gasteiger partial charge in [-0.3, -0.25) is 9.48 Å². The average Bonchev–Trinajstić information content (AvgIpc) is 2.73. The van der Waals surface area contributed by atoms with Gasteiger partial charge < -0.3 is 0 Å². The average molecular weight is 260 g/mol. The maximum Gasteiger partial charge on any atom is 0.391 e. The maximum atomic E-state index is 12.7. The molecule has 1 aromatic heterocycles. The molecule has 1 aliphatic rings. The van der Waals surface area contributed by atoms with Gasteiger partial charge in [0, 0.05) is 19.2 Å². The summed E-state index contributed by atoms with van der Waals surface area (Å²) in [6, 6.07) is 1.56. The van der Waals surface area contributed by atoms with Gasteiger partial charge in [-0.1, -0.05) is 6.42 Å². The molecule has 2 atom stereocenters. The van der Waals surface area contributed by atoms with Gasteiger partial charge in [-0.25, -0.2) is 0 Å². The Morgan fingerprint density at radius 2 is 2.17 bits per heavy atom. The van der Waals surface area contributed by atoms with Gasteiger partial charge in [0.2, 0.25) is 0 Å². The lowest BCUT2D eigenvalue weighted by atomic mass is 9.78. The molecule has 0 radical (unpaired) electrons. The lowest BCUT2D eigenvalue weighted by Crippen LogP contribution is -2.32. The number of ketones is 1. The van der Waals surface area contributed by atoms with Crippen LogP contribution in [0.1, 0.15) is 36.2 Å². The Morgan fingerprint density at radius 3 is 2.72 bits per heavy atom. The molecule has 100 valence electrons. The number of halogens is 3. The number of alkyl halides is 3. The Morgan fingerprint density at radius 1 is 1.44 bits per heavy atom. The first-order valence-electron chi connectivity index (χ1n) is 5.98. The van der Waals surface area contributed by atoms with Gasteiger partial charge in [-0.15, -0.1) is 0 Å². The number of nitrogens with zero attached hydrogens (tertiary/aromatic N) is 2. The van der Waals surface area contributed by atoms with E-state index in [1.54, 1.807) is 13.1 Å². The molecule has 1 fully saturated rings. The van der Waals surface area contributed by atoms with Crippen molar-refractivity contribution in [3.8, 4) is 0 Å². The number of carbonyl (C=O) groups is 1. The van der Waals surface area contributed by atoms with Gasteiger partial charge in [0.1, 0.15) is 5.69 Å². The SMILES string of the molecule is Cn1nccc1C(=O)C1CCCC(C(F)(F)F)C1. The van der Waals surface area contributed by atoms with E-state index in [-0.39, 0.29) is 18.6 Å². The third kappa shape index (κ3) is 2.57. The summed E-state index contributed by atoms with van der Waals surface area (Å²) in [7, 11) is 1.62. The molecule has 18 heavy (non-hydrogen) atoms. The molecular formula is C12H15F3N2O. The molecule has 1 heterocycles. The topological polar surface area (TPSA) is 34.9 Å². The predicted octanol–water partition coefficient (Wildman–Crippen LogP) is 2.97. The molecule has 2 rings (SSSR count). The second kappa shape index (κ2) is 4.74. The van der Waals surface area contributed by atoms with E-state index in [0.29, 0.717) is 18.5 Å². The minimum atomic E-state index is -4.19. The number of rotatable bonds is 2. The van der Waals surface area contributed by atoms with E-state index in [0.717, 1.165) is 0 Å². The summed E-state index contributed by atoms with van der Waals surface area (Å²) >= 11 is 0. The monoisotopic (exact) mass is 260 g/mol. The van der Waals surface area contributed by atoms with Crippen LogP contribution >= 0.6 is 0 Å². The van der Waals surface area contributed by atoms with Crippen molar-refractivity contribution in [2.75, 3.05) is 0 Å². The fourth-order valence-electron chi connectivity index (χ4n) is 2.55. The third-order valence-corrected chi connectivity index (χ3v) is 3.58. The van der Waals surface area contributed by atoms with E-state index in [9.17, 15) is 18.0 Å². The van der Waals surface area contributed by atoms with Gasteiger partial charge in [0.15, 0.2) is 5.78 Å². The summed E-state index contributed by atoms with van der Waals surface area (Å²) in [4.78, 5) is 12.1. The van der Waals surface area contributed by atoms with Crippen LogP contribution in [0, 0.1) is 11.8 Å². The molecule has 0 amide bonds. The fraction of sp³-hybridized carbons (Fsp3) is 0.667. The lowest BCUT2D eigenvalue weighted by molar-refractivity contribution is -0.184. The summed E-state index contributed by atoms with van der Waals surface area (Å²) in [5, 5.41) is 3.87. The van der Waals surface area contributed by atoms with Gasteiger partial charge in [0.25, 0.3) is 0 Å². The van der Waals surface area contributed by atoms with Crippen LogP contribution < -0.4 is 0 Å². The molecule has 6 heteroatoms. The lowest BCUT2D eigenvalue weighted by Gasteiger charge is -2.29. The normalized spacial score (nSPS) is 25.1. The van der Waals surface area contributed by atoms with E-state index in [2.05, 4.69) is 5.10 Å². The van der Waals surface area contributed by atoms with Crippen LogP contribution in [-0.4, -0.2) is 21.7 Å². The third-order valence-electron chi connectivity index (χ3n) is 3.58. The fourth-order valence-corrected chi connectivity index (χ4v) is 2.55. The molecule has 2 unspecified atom stereocenters. The number of aromatic nitrogens is 2. The number of aryl methyl sites for hydroxylation is 1. The Labute approximate surface area is 103 Å². The van der Waals surface area contributed by atoms with E-state index in [4.69, 9.17) is 0 Å². The van der Waals surface area contributed by atoms with Crippen molar-refractivity contribution >= 4 is 5.78 Å². The summed E-state index contributed by atoms with van der Waals surface area (Å²) in [5.41, 5.74) is 0.392. The number of carbonyl (C=O) groups excluding carboxylic acids is 1. The van der Waals surface area contributed by atoms with Gasteiger partial charge in [-0.05, 0) is 25.3 Å². The van der Waals surface area contributed by atoms with Crippen molar-refractivity contribution < 1.29 is 18.0 Å². The Bertz CT molecular complexity index is 439. The molecule has 0 bridgehead atoms. The van der Waals surface area contributed by atoms with Crippen molar-refractivity contribution in [1.29, 1.82) is 0 Å². The first kappa shape index (κ1) is 13.1. The molecule has 0 N–H and O–H groups in total. The van der Waals surface area contributed by atoms with Crippen LogP contribution in [0.3, 0.4) is 0 Å². The Hall–Kier alpha value is -1.33. The summed E-state index contributed by atoms with van der Waals surface area (Å²) in [6.07, 6.45) is -1.66. The van der Waals surface area contributed by atoms with E-state index < -0.39 is 18.0 Å². The van der Waals surface area contributed by atoms with Gasteiger partial charge in [-0.2, -0.15) is 18.3 Å². The van der Waals surface area contributed by atoms with Gasteiger partial charge >= 0.3 is 6.18 Å². The maximum absolute atomic E-state index is 12.7. The van der Waals surface area contributed by atoms with Crippen LogP contribution in [0.2, 0.25) is 0 Å². The quantitative estimate of drug-likeness (QED) is 0.766. The van der Waals surface area contributed by atoms with Crippen LogP contribution in [-0.2, 0) is 7.05 Å². The summed E-state index contributed by atoms with van der Waals surface area (Å²) < 4.78 is 39.4. The van der Waals surface area contributed by atoms with E-state index >= 15 is 0 Å². The van der Waals surface area contributed by atoms with Crippen molar-refractivity contribution in [2.45, 2.75) is 31.9 Å². The van der Waals surface area contributed by atoms with Crippen molar-refractivity contribution in [2.24, 2.45) is 18.9 Å². The van der Waals surface area contributed by atoms with E-state index in [1.807, 2.05) is 0 Å². The zero-order valence-electron chi connectivity index (χ0n) is 10.1. The molecule has 1 aliphatic carbocycles. The van der Waals surface area contributed by atoms with Crippen LogP contribution in [0.15, 0.2) is 12.3 Å². The predicted molar refractivity (Wildman–Crippen MR) is 59.0 cm³/mol. The number of hydrogen-bond donors (Lipinski definition) is 0. The molecule has 0 aliphatic heterocycles. The second-order valence-electron chi connectivity index (χ2n) is 4.81. The van der Waals surface area contributed by atoms with Crippen LogP contribution in [0.5, 0.6) is 0 Å². The molecule has 0 saturated heterocycles. The standard InChI is InChI=1S/C12H15F3N2O/c1-17-10(5-6-16-17)11(18)8-3-2-4-9(7-8)12(13,14)15/h5-6,8-9H,2-4,7H2,1H3. The van der Waals surface area contributed by atoms with Crippen molar-refractivity contribution in [3.63, 3.8) is 0 Å². The number of Topliss-reactive ketones (excluding diaryl/α,β-unsaturated/α-hetero) is 1. The minimum absolute atomic E-state index is 0.0898. The van der Waals surface area contributed by atoms with Crippen LogP contribution in [0.4, 0.5) is 13.2 Å². The van der Waals surface area contributed by atoms with Crippen LogP contribution in [0.25, 0.3) is 0 Å². The highest BCUT2D eigenvalue weighted by molar-refractivity contribution is 5.96.